The second-order valence-corrected chi connectivity index (χ2v) is 10.1. The fraction of sp³-hybridized carbons (Fsp3) is 0.429. The van der Waals surface area contributed by atoms with Crippen molar-refractivity contribution in [1.82, 2.24) is 20.9 Å². The Hall–Kier alpha value is -3.63. The van der Waals surface area contributed by atoms with E-state index < -0.39 is 35.9 Å². The molecule has 0 fully saturated rings. The molecule has 10 nitrogen and oxygen atoms in total. The van der Waals surface area contributed by atoms with Gasteiger partial charge in [-0.3, -0.25) is 19.2 Å². The van der Waals surface area contributed by atoms with Gasteiger partial charge in [0.25, 0.3) is 11.8 Å². The molecule has 4 N–H and O–H groups in total. The molecule has 3 rings (SSSR count). The quantitative estimate of drug-likeness (QED) is 0.450. The number of amides is 4. The lowest BCUT2D eigenvalue weighted by atomic mass is 10.00. The number of fused-ring (bicyclic) bond motifs is 2. The molecule has 3 atom stereocenters. The summed E-state index contributed by atoms with van der Waals surface area (Å²) in [5.74, 6) is -1.61. The predicted molar refractivity (Wildman–Crippen MR) is 147 cm³/mol. The summed E-state index contributed by atoms with van der Waals surface area (Å²) < 4.78 is 5.57. The van der Waals surface area contributed by atoms with Crippen LogP contribution < -0.4 is 20.7 Å². The third-order valence-corrected chi connectivity index (χ3v) is 6.68. The molecule has 0 spiro atoms. The molecular weight excluding hydrogens is 524 g/mol. The lowest BCUT2D eigenvalue weighted by Crippen LogP contribution is -2.56. The van der Waals surface area contributed by atoms with E-state index in [9.17, 15) is 24.3 Å². The van der Waals surface area contributed by atoms with Crippen molar-refractivity contribution in [2.24, 2.45) is 0 Å². The van der Waals surface area contributed by atoms with Gasteiger partial charge in [0.05, 0.1) is 17.7 Å². The van der Waals surface area contributed by atoms with Gasteiger partial charge >= 0.3 is 0 Å². The molecule has 2 bridgehead atoms. The molecule has 0 unspecified atom stereocenters. The molecule has 0 aromatic heterocycles. The van der Waals surface area contributed by atoms with Crippen molar-refractivity contribution < 1.29 is 29.0 Å². The zero-order chi connectivity index (χ0) is 28.5. The molecule has 0 saturated heterocycles. The Kier molecular flexibility index (Phi) is 10.7. The number of benzene rings is 2. The number of ether oxygens (including phenoxy) is 1. The number of carbonyl (C=O) groups is 4. The van der Waals surface area contributed by atoms with Gasteiger partial charge in [0, 0.05) is 24.7 Å². The lowest BCUT2D eigenvalue weighted by Gasteiger charge is -2.28. The summed E-state index contributed by atoms with van der Waals surface area (Å²) in [5, 5.41) is 18.8. The van der Waals surface area contributed by atoms with E-state index in [1.807, 2.05) is 13.0 Å². The van der Waals surface area contributed by atoms with Crippen LogP contribution in [0.1, 0.15) is 41.8 Å². The number of hydrogen-bond donors (Lipinski definition) is 4. The van der Waals surface area contributed by atoms with Crippen LogP contribution >= 0.6 is 11.6 Å². The smallest absolute Gasteiger partial charge is 0.261 e. The number of para-hydroxylation sites is 1. The topological polar surface area (TPSA) is 137 Å². The van der Waals surface area contributed by atoms with E-state index in [4.69, 9.17) is 16.3 Å². The van der Waals surface area contributed by atoms with Crippen molar-refractivity contribution in [3.63, 3.8) is 0 Å². The molecular formula is C28H35ClN4O6. The van der Waals surface area contributed by atoms with Crippen LogP contribution in [-0.4, -0.2) is 78.1 Å². The van der Waals surface area contributed by atoms with Crippen LogP contribution in [0.25, 0.3) is 0 Å². The maximum absolute atomic E-state index is 13.1. The Labute approximate surface area is 233 Å². The average molecular weight is 559 g/mol. The SMILES string of the molecule is Cc1ccc2cc1CCCNC(=O)CN(C(=O)COc1ccccc1Cl)C[C@@H](C)NC(=O)[C@H]([C@@H](C)O)NC2=O. The molecule has 0 aliphatic carbocycles. The van der Waals surface area contributed by atoms with Crippen LogP contribution in [0.4, 0.5) is 0 Å². The molecule has 2 aromatic carbocycles. The van der Waals surface area contributed by atoms with Crippen molar-refractivity contribution in [2.45, 2.75) is 51.8 Å². The fourth-order valence-electron chi connectivity index (χ4n) is 4.20. The van der Waals surface area contributed by atoms with Gasteiger partial charge in [-0.25, -0.2) is 0 Å². The van der Waals surface area contributed by atoms with Crippen LogP contribution in [0, 0.1) is 6.92 Å². The maximum Gasteiger partial charge on any atom is 0.261 e. The second kappa shape index (κ2) is 14.0. The number of halogens is 1. The van der Waals surface area contributed by atoms with Gasteiger partial charge in [-0.2, -0.15) is 0 Å². The van der Waals surface area contributed by atoms with Gasteiger partial charge < -0.3 is 30.7 Å². The van der Waals surface area contributed by atoms with E-state index in [1.165, 1.54) is 11.8 Å². The van der Waals surface area contributed by atoms with Crippen LogP contribution in [0.5, 0.6) is 5.75 Å². The highest BCUT2D eigenvalue weighted by molar-refractivity contribution is 6.32. The van der Waals surface area contributed by atoms with E-state index in [0.29, 0.717) is 35.7 Å². The summed E-state index contributed by atoms with van der Waals surface area (Å²) in [6, 6.07) is 10.1. The van der Waals surface area contributed by atoms with E-state index in [0.717, 1.165) is 11.1 Å². The standard InChI is InChI=1S/C28H35ClN4O6/c1-17-10-11-21-13-20(17)7-6-12-30-24(35)15-33(25(36)16-39-23-9-5-4-8-22(23)29)14-18(2)31-28(38)26(19(3)34)32-27(21)37/h4-5,8-11,13,18-19,26,34H,6-7,12,14-16H2,1-3H3,(H,30,35)(H,31,38)(H,32,37)/t18-,19-,26+/m1/s1. The van der Waals surface area contributed by atoms with Crippen molar-refractivity contribution in [2.75, 3.05) is 26.2 Å². The minimum atomic E-state index is -1.23. The Morgan fingerprint density at radius 2 is 1.92 bits per heavy atom. The van der Waals surface area contributed by atoms with Crippen molar-refractivity contribution in [3.8, 4) is 5.75 Å². The lowest BCUT2D eigenvalue weighted by molar-refractivity contribution is -0.138. The van der Waals surface area contributed by atoms with Crippen molar-refractivity contribution in [3.05, 3.63) is 64.2 Å². The number of aryl methyl sites for hydroxylation is 2. The van der Waals surface area contributed by atoms with Gasteiger partial charge in [0.2, 0.25) is 11.8 Å². The molecule has 2 aromatic rings. The number of aliphatic hydroxyl groups excluding tert-OH is 1. The molecule has 1 heterocycles. The van der Waals surface area contributed by atoms with Crippen LogP contribution in [0.15, 0.2) is 42.5 Å². The van der Waals surface area contributed by atoms with Crippen molar-refractivity contribution in [1.29, 1.82) is 0 Å². The number of nitrogens with zero attached hydrogens (tertiary/aromatic N) is 1. The zero-order valence-corrected chi connectivity index (χ0v) is 23.1. The molecule has 39 heavy (non-hydrogen) atoms. The third kappa shape index (κ3) is 8.69. The van der Waals surface area contributed by atoms with E-state index in [1.54, 1.807) is 43.3 Å². The molecule has 1 aliphatic heterocycles. The monoisotopic (exact) mass is 558 g/mol. The van der Waals surface area contributed by atoms with Gasteiger partial charge in [-0.05, 0) is 69.0 Å². The molecule has 0 radical (unpaired) electrons. The summed E-state index contributed by atoms with van der Waals surface area (Å²) >= 11 is 6.11. The minimum Gasteiger partial charge on any atom is -0.482 e. The van der Waals surface area contributed by atoms with E-state index in [-0.39, 0.29) is 25.6 Å². The second-order valence-electron chi connectivity index (χ2n) is 9.69. The number of aliphatic hydroxyl groups is 1. The molecule has 4 amide bonds. The fourth-order valence-corrected chi connectivity index (χ4v) is 4.39. The van der Waals surface area contributed by atoms with Gasteiger partial charge in [0.15, 0.2) is 6.61 Å². The summed E-state index contributed by atoms with van der Waals surface area (Å²) in [6.45, 7) is 4.76. The molecule has 11 heteroatoms. The van der Waals surface area contributed by atoms with E-state index in [2.05, 4.69) is 16.0 Å². The maximum atomic E-state index is 13.1. The number of nitrogens with one attached hydrogen (secondary N) is 3. The van der Waals surface area contributed by atoms with Crippen LogP contribution in [0.2, 0.25) is 5.02 Å². The summed E-state index contributed by atoms with van der Waals surface area (Å²) in [5.41, 5.74) is 2.29. The Bertz CT molecular complexity index is 1200. The number of rotatable bonds is 4. The van der Waals surface area contributed by atoms with Crippen molar-refractivity contribution >= 4 is 35.2 Å². The normalized spacial score (nSPS) is 20.2. The van der Waals surface area contributed by atoms with Gasteiger partial charge in [-0.15, -0.1) is 0 Å². The van der Waals surface area contributed by atoms with Crippen LogP contribution in [0.3, 0.4) is 0 Å². The molecule has 210 valence electrons. The highest BCUT2D eigenvalue weighted by Gasteiger charge is 2.29. The Balaban J connectivity index is 1.80. The highest BCUT2D eigenvalue weighted by atomic mass is 35.5. The average Bonchev–Trinajstić information content (AvgIpc) is 2.88. The number of carbonyl (C=O) groups excluding carboxylic acids is 4. The first kappa shape index (κ1) is 29.9. The van der Waals surface area contributed by atoms with E-state index >= 15 is 0 Å². The highest BCUT2D eigenvalue weighted by Crippen LogP contribution is 2.23. The minimum absolute atomic E-state index is 0.00960. The van der Waals surface area contributed by atoms with Gasteiger partial charge in [-0.1, -0.05) is 29.8 Å². The first-order valence-corrected chi connectivity index (χ1v) is 13.2. The summed E-state index contributed by atoms with van der Waals surface area (Å²) in [7, 11) is 0. The molecule has 0 saturated carbocycles. The van der Waals surface area contributed by atoms with Crippen LogP contribution in [-0.2, 0) is 20.8 Å². The Morgan fingerprint density at radius 1 is 1.18 bits per heavy atom. The molecule has 1 aliphatic rings. The summed E-state index contributed by atoms with van der Waals surface area (Å²) in [4.78, 5) is 53.0. The largest absolute Gasteiger partial charge is 0.482 e. The predicted octanol–water partition coefficient (Wildman–Crippen LogP) is 1.60. The summed E-state index contributed by atoms with van der Waals surface area (Å²) in [6.07, 6.45) is 0.0491. The Morgan fingerprint density at radius 3 is 2.64 bits per heavy atom. The third-order valence-electron chi connectivity index (χ3n) is 6.37. The first-order chi connectivity index (χ1) is 18.5. The zero-order valence-electron chi connectivity index (χ0n) is 22.3. The van der Waals surface area contributed by atoms with Gasteiger partial charge in [0.1, 0.15) is 11.8 Å². The first-order valence-electron chi connectivity index (χ1n) is 12.9. The number of hydrogen-bond acceptors (Lipinski definition) is 6.